The summed E-state index contributed by atoms with van der Waals surface area (Å²) < 4.78 is 25.7. The molecule has 27 heavy (non-hydrogen) atoms. The summed E-state index contributed by atoms with van der Waals surface area (Å²) >= 11 is 0. The molecule has 2 rings (SSSR count). The lowest BCUT2D eigenvalue weighted by molar-refractivity contribution is -0.119. The normalized spacial score (nSPS) is 9.93. The third-order valence-electron chi connectivity index (χ3n) is 3.63. The Balaban J connectivity index is 2.03. The van der Waals surface area contributed by atoms with Crippen molar-refractivity contribution < 1.29 is 33.3 Å². The van der Waals surface area contributed by atoms with Crippen LogP contribution in [0.1, 0.15) is 10.4 Å². The molecule has 0 aromatic heterocycles. The van der Waals surface area contributed by atoms with E-state index in [1.54, 1.807) is 36.4 Å². The van der Waals surface area contributed by atoms with Crippen molar-refractivity contribution in [3.8, 4) is 23.0 Å². The van der Waals surface area contributed by atoms with Crippen LogP contribution in [0.5, 0.6) is 23.0 Å². The third-order valence-corrected chi connectivity index (χ3v) is 3.63. The van der Waals surface area contributed by atoms with Crippen LogP contribution in [0.15, 0.2) is 36.4 Å². The lowest BCUT2D eigenvalue weighted by Gasteiger charge is -2.13. The summed E-state index contributed by atoms with van der Waals surface area (Å²) in [5.74, 6) is 0.340. The van der Waals surface area contributed by atoms with Crippen molar-refractivity contribution in [2.45, 2.75) is 0 Å². The molecule has 0 unspecified atom stereocenters. The number of nitrogens with one attached hydrogen (secondary N) is 1. The minimum atomic E-state index is -0.730. The number of hydrogen-bond donors (Lipinski definition) is 1. The summed E-state index contributed by atoms with van der Waals surface area (Å²) in [5.41, 5.74) is 0.588. The third kappa shape index (κ3) is 4.81. The molecule has 0 heterocycles. The summed E-state index contributed by atoms with van der Waals surface area (Å²) in [6.07, 6.45) is 0. The van der Waals surface area contributed by atoms with Crippen molar-refractivity contribution in [3.63, 3.8) is 0 Å². The molecule has 8 heteroatoms. The first-order valence-electron chi connectivity index (χ1n) is 7.94. The first kappa shape index (κ1) is 19.9. The molecule has 1 N–H and O–H groups in total. The molecule has 0 saturated carbocycles. The van der Waals surface area contributed by atoms with E-state index in [1.165, 1.54) is 28.4 Å². The molecule has 0 saturated heterocycles. The largest absolute Gasteiger partial charge is 0.496 e. The Bertz CT molecular complexity index is 797. The fourth-order valence-corrected chi connectivity index (χ4v) is 2.37. The number of rotatable bonds is 8. The lowest BCUT2D eigenvalue weighted by atomic mass is 10.2. The van der Waals surface area contributed by atoms with Crippen molar-refractivity contribution in [1.29, 1.82) is 0 Å². The minimum absolute atomic E-state index is 0.112. The van der Waals surface area contributed by atoms with Crippen molar-refractivity contribution >= 4 is 17.6 Å². The Labute approximate surface area is 156 Å². The Morgan fingerprint density at radius 2 is 1.41 bits per heavy atom. The minimum Gasteiger partial charge on any atom is -0.496 e. The number of methoxy groups -OCH3 is 4. The zero-order valence-corrected chi connectivity index (χ0v) is 15.5. The van der Waals surface area contributed by atoms with Crippen molar-refractivity contribution in [3.05, 3.63) is 42.0 Å². The molecular weight excluding hydrogens is 354 g/mol. The van der Waals surface area contributed by atoms with Gasteiger partial charge in [0.25, 0.3) is 5.91 Å². The fraction of sp³-hybridized carbons (Fsp3) is 0.263. The summed E-state index contributed by atoms with van der Waals surface area (Å²) in [5, 5.41) is 2.62. The Morgan fingerprint density at radius 1 is 0.815 bits per heavy atom. The molecule has 0 bridgehead atoms. The summed E-state index contributed by atoms with van der Waals surface area (Å²) in [4.78, 5) is 24.4. The molecular formula is C19H21NO7. The van der Waals surface area contributed by atoms with E-state index in [-0.39, 0.29) is 5.56 Å². The zero-order valence-electron chi connectivity index (χ0n) is 15.5. The van der Waals surface area contributed by atoms with Gasteiger partial charge in [0.05, 0.1) is 28.4 Å². The van der Waals surface area contributed by atoms with E-state index in [1.807, 2.05) is 0 Å². The van der Waals surface area contributed by atoms with E-state index in [0.29, 0.717) is 28.7 Å². The number of benzene rings is 2. The zero-order chi connectivity index (χ0) is 19.8. The van der Waals surface area contributed by atoms with Gasteiger partial charge < -0.3 is 29.0 Å². The summed E-state index contributed by atoms with van der Waals surface area (Å²) in [6, 6.07) is 9.77. The maximum atomic E-state index is 12.3. The molecule has 0 aliphatic heterocycles. The van der Waals surface area contributed by atoms with Crippen LogP contribution in [-0.4, -0.2) is 46.9 Å². The molecule has 2 aromatic carbocycles. The molecule has 0 aliphatic rings. The van der Waals surface area contributed by atoms with Crippen LogP contribution in [0.25, 0.3) is 0 Å². The smallest absolute Gasteiger partial charge is 0.346 e. The van der Waals surface area contributed by atoms with Gasteiger partial charge in [-0.2, -0.15) is 0 Å². The van der Waals surface area contributed by atoms with Crippen molar-refractivity contribution in [2.75, 3.05) is 40.4 Å². The molecule has 1 amide bonds. The second-order valence-electron chi connectivity index (χ2n) is 5.23. The summed E-state index contributed by atoms with van der Waals surface area (Å²) in [7, 11) is 5.86. The van der Waals surface area contributed by atoms with Crippen LogP contribution in [0.2, 0.25) is 0 Å². The van der Waals surface area contributed by atoms with Crippen molar-refractivity contribution in [2.24, 2.45) is 0 Å². The maximum Gasteiger partial charge on any atom is 0.346 e. The fourth-order valence-electron chi connectivity index (χ4n) is 2.37. The second-order valence-corrected chi connectivity index (χ2v) is 5.23. The average molecular weight is 375 g/mol. The van der Waals surface area contributed by atoms with E-state index in [4.69, 9.17) is 23.7 Å². The molecule has 2 aromatic rings. The standard InChI is InChI=1S/C19H21NO7/c1-23-13-9-8-12(10-16(13)26-4)20-17(21)11-27-19(22)18-14(24-2)6-5-7-15(18)25-3/h5-10H,11H2,1-4H3,(H,20,21). The lowest BCUT2D eigenvalue weighted by Crippen LogP contribution is -2.21. The van der Waals surface area contributed by atoms with Gasteiger partial charge in [-0.05, 0) is 24.3 Å². The highest BCUT2D eigenvalue weighted by molar-refractivity contribution is 5.98. The van der Waals surface area contributed by atoms with E-state index in [2.05, 4.69) is 5.32 Å². The second kappa shape index (κ2) is 9.33. The van der Waals surface area contributed by atoms with Gasteiger partial charge in [0.1, 0.15) is 17.1 Å². The topological polar surface area (TPSA) is 92.3 Å². The van der Waals surface area contributed by atoms with Gasteiger partial charge in [-0.1, -0.05) is 6.07 Å². The maximum absolute atomic E-state index is 12.3. The molecule has 8 nitrogen and oxygen atoms in total. The van der Waals surface area contributed by atoms with Crippen LogP contribution in [0.4, 0.5) is 5.69 Å². The van der Waals surface area contributed by atoms with Crippen LogP contribution in [-0.2, 0) is 9.53 Å². The molecule has 144 valence electrons. The number of carbonyl (C=O) groups is 2. The van der Waals surface area contributed by atoms with E-state index in [0.717, 1.165) is 0 Å². The van der Waals surface area contributed by atoms with Crippen LogP contribution >= 0.6 is 0 Å². The van der Waals surface area contributed by atoms with Gasteiger partial charge in [0.2, 0.25) is 0 Å². The summed E-state index contributed by atoms with van der Waals surface area (Å²) in [6.45, 7) is -0.478. The van der Waals surface area contributed by atoms with Crippen LogP contribution in [0.3, 0.4) is 0 Å². The van der Waals surface area contributed by atoms with Crippen molar-refractivity contribution in [1.82, 2.24) is 0 Å². The number of ether oxygens (including phenoxy) is 5. The quantitative estimate of drug-likeness (QED) is 0.709. The number of anilines is 1. The number of esters is 1. The van der Waals surface area contributed by atoms with Gasteiger partial charge in [0, 0.05) is 11.8 Å². The molecule has 0 fully saturated rings. The molecule has 0 aliphatic carbocycles. The van der Waals surface area contributed by atoms with Gasteiger partial charge in [-0.15, -0.1) is 0 Å². The highest BCUT2D eigenvalue weighted by Gasteiger charge is 2.20. The predicted octanol–water partition coefficient (Wildman–Crippen LogP) is 2.52. The monoisotopic (exact) mass is 375 g/mol. The Kier molecular flexibility index (Phi) is 6.87. The highest BCUT2D eigenvalue weighted by atomic mass is 16.5. The van der Waals surface area contributed by atoms with Gasteiger partial charge in [0.15, 0.2) is 18.1 Å². The van der Waals surface area contributed by atoms with E-state index in [9.17, 15) is 9.59 Å². The molecule has 0 radical (unpaired) electrons. The molecule has 0 spiro atoms. The highest BCUT2D eigenvalue weighted by Crippen LogP contribution is 2.30. The van der Waals surface area contributed by atoms with Crippen LogP contribution < -0.4 is 24.3 Å². The van der Waals surface area contributed by atoms with Gasteiger partial charge in [-0.25, -0.2) is 4.79 Å². The SMILES string of the molecule is COc1ccc(NC(=O)COC(=O)c2c(OC)cccc2OC)cc1OC. The average Bonchev–Trinajstić information content (AvgIpc) is 2.71. The van der Waals surface area contributed by atoms with Gasteiger partial charge in [-0.3, -0.25) is 4.79 Å². The number of carbonyl (C=O) groups excluding carboxylic acids is 2. The molecule has 0 atom stereocenters. The first-order chi connectivity index (χ1) is 13.0. The number of hydrogen-bond acceptors (Lipinski definition) is 7. The first-order valence-corrected chi connectivity index (χ1v) is 7.94. The van der Waals surface area contributed by atoms with E-state index >= 15 is 0 Å². The number of amides is 1. The Hall–Kier alpha value is -3.42. The predicted molar refractivity (Wildman–Crippen MR) is 98.0 cm³/mol. The van der Waals surface area contributed by atoms with Crippen LogP contribution in [0, 0.1) is 0 Å². The van der Waals surface area contributed by atoms with Gasteiger partial charge >= 0.3 is 5.97 Å². The van der Waals surface area contributed by atoms with E-state index < -0.39 is 18.5 Å². The Morgan fingerprint density at radius 3 is 1.96 bits per heavy atom.